The third-order valence-corrected chi connectivity index (χ3v) is 6.30. The lowest BCUT2D eigenvalue weighted by atomic mass is 9.80. The quantitative estimate of drug-likeness (QED) is 0.429. The van der Waals surface area contributed by atoms with Crippen LogP contribution >= 0.6 is 0 Å². The molecule has 36 heavy (non-hydrogen) atoms. The van der Waals surface area contributed by atoms with Crippen LogP contribution < -0.4 is 14.8 Å². The van der Waals surface area contributed by atoms with Crippen molar-refractivity contribution in [1.82, 2.24) is 29.9 Å². The van der Waals surface area contributed by atoms with Gasteiger partial charge >= 0.3 is 5.97 Å². The van der Waals surface area contributed by atoms with Gasteiger partial charge in [0.1, 0.15) is 11.4 Å². The molecule has 4 rings (SSSR count). The maximum Gasteiger partial charge on any atom is 0.306 e. The van der Waals surface area contributed by atoms with Crippen molar-refractivity contribution >= 4 is 11.9 Å². The smallest absolute Gasteiger partial charge is 0.306 e. The van der Waals surface area contributed by atoms with Crippen molar-refractivity contribution in [3.8, 4) is 23.0 Å². The Labute approximate surface area is 210 Å². The van der Waals surface area contributed by atoms with Crippen LogP contribution in [-0.4, -0.2) is 53.7 Å². The zero-order chi connectivity index (χ0) is 25.7. The molecule has 0 aromatic carbocycles. The van der Waals surface area contributed by atoms with Crippen LogP contribution in [-0.2, 0) is 18.4 Å². The summed E-state index contributed by atoms with van der Waals surface area (Å²) in [6.07, 6.45) is 5.24. The second-order valence-corrected chi connectivity index (χ2v) is 9.33. The number of carboxylic acid groups (broad SMARTS) is 1. The van der Waals surface area contributed by atoms with Crippen LogP contribution in [0.2, 0.25) is 0 Å². The van der Waals surface area contributed by atoms with Crippen molar-refractivity contribution in [3.05, 3.63) is 35.8 Å². The van der Waals surface area contributed by atoms with Gasteiger partial charge in [-0.15, -0.1) is 5.10 Å². The summed E-state index contributed by atoms with van der Waals surface area (Å²) in [7, 11) is 1.82. The van der Waals surface area contributed by atoms with Gasteiger partial charge in [0.05, 0.1) is 42.3 Å². The van der Waals surface area contributed by atoms with E-state index in [2.05, 4.69) is 25.6 Å². The Balaban J connectivity index is 1.44. The molecule has 1 aliphatic rings. The molecule has 0 aliphatic heterocycles. The fourth-order valence-electron chi connectivity index (χ4n) is 4.43. The Morgan fingerprint density at radius 3 is 2.78 bits per heavy atom. The number of ether oxygens (including phenoxy) is 2. The van der Waals surface area contributed by atoms with E-state index in [9.17, 15) is 9.90 Å². The molecule has 2 atom stereocenters. The van der Waals surface area contributed by atoms with Crippen LogP contribution in [0.4, 0.5) is 5.95 Å². The lowest BCUT2D eigenvalue weighted by Gasteiger charge is -2.28. The molecule has 0 saturated heterocycles. The molecule has 1 saturated carbocycles. The molecule has 2 N–H and O–H groups in total. The summed E-state index contributed by atoms with van der Waals surface area (Å²) in [5, 5.41) is 21.2. The van der Waals surface area contributed by atoms with Gasteiger partial charge in [-0.3, -0.25) is 4.79 Å². The molecule has 0 spiro atoms. The van der Waals surface area contributed by atoms with E-state index < -0.39 is 5.97 Å². The van der Waals surface area contributed by atoms with Gasteiger partial charge in [0.15, 0.2) is 0 Å². The Morgan fingerprint density at radius 2 is 2.03 bits per heavy atom. The third-order valence-electron chi connectivity index (χ3n) is 6.30. The number of nitrogens with one attached hydrogen (secondary N) is 1. The number of anilines is 1. The zero-order valence-corrected chi connectivity index (χ0v) is 21.1. The SMILES string of the molecule is Cc1nc(-c2nnn(C)c2CNc2nccc(OC(C)C)n2)ccc1OCC1CCCCC1C(=O)O. The van der Waals surface area contributed by atoms with E-state index in [1.165, 1.54) is 0 Å². The van der Waals surface area contributed by atoms with E-state index >= 15 is 0 Å². The monoisotopic (exact) mass is 495 g/mol. The number of rotatable bonds is 10. The zero-order valence-electron chi connectivity index (χ0n) is 21.1. The van der Waals surface area contributed by atoms with Gasteiger partial charge in [-0.05, 0) is 45.7 Å². The van der Waals surface area contributed by atoms with Crippen molar-refractivity contribution in [3.63, 3.8) is 0 Å². The number of aryl methyl sites for hydroxylation is 2. The number of pyridine rings is 1. The van der Waals surface area contributed by atoms with E-state index in [-0.39, 0.29) is 17.9 Å². The highest BCUT2D eigenvalue weighted by Gasteiger charge is 2.31. The summed E-state index contributed by atoms with van der Waals surface area (Å²) in [6, 6.07) is 5.42. The topological polar surface area (TPSA) is 137 Å². The van der Waals surface area contributed by atoms with Gasteiger partial charge in [-0.25, -0.2) is 14.6 Å². The fourth-order valence-corrected chi connectivity index (χ4v) is 4.43. The molecule has 3 aromatic heterocycles. The highest BCUT2D eigenvalue weighted by Crippen LogP contribution is 2.32. The number of carbonyl (C=O) groups is 1. The van der Waals surface area contributed by atoms with E-state index in [0.29, 0.717) is 54.2 Å². The van der Waals surface area contributed by atoms with Crippen LogP contribution in [0.25, 0.3) is 11.4 Å². The van der Waals surface area contributed by atoms with Gasteiger partial charge in [-0.2, -0.15) is 4.98 Å². The number of hydrogen-bond acceptors (Lipinski definition) is 9. The summed E-state index contributed by atoms with van der Waals surface area (Å²) >= 11 is 0. The van der Waals surface area contributed by atoms with E-state index in [1.54, 1.807) is 16.9 Å². The first-order valence-electron chi connectivity index (χ1n) is 12.3. The molecule has 11 nitrogen and oxygen atoms in total. The van der Waals surface area contributed by atoms with Crippen LogP contribution in [0, 0.1) is 18.8 Å². The van der Waals surface area contributed by atoms with Crippen molar-refractivity contribution < 1.29 is 19.4 Å². The van der Waals surface area contributed by atoms with Gasteiger partial charge in [0.2, 0.25) is 11.8 Å². The number of hydrogen-bond donors (Lipinski definition) is 2. The minimum Gasteiger partial charge on any atom is -0.491 e. The largest absolute Gasteiger partial charge is 0.491 e. The number of carboxylic acids is 1. The Bertz CT molecular complexity index is 1200. The van der Waals surface area contributed by atoms with Crippen molar-refractivity contribution in [2.24, 2.45) is 18.9 Å². The number of aromatic nitrogens is 6. The Kier molecular flexibility index (Phi) is 7.97. The minimum atomic E-state index is -0.734. The van der Waals surface area contributed by atoms with Crippen molar-refractivity contribution in [2.45, 2.75) is 59.1 Å². The lowest BCUT2D eigenvalue weighted by Crippen LogP contribution is -2.31. The molecule has 1 aliphatic carbocycles. The van der Waals surface area contributed by atoms with E-state index in [4.69, 9.17) is 14.5 Å². The Hall–Kier alpha value is -3.76. The minimum absolute atomic E-state index is 0.0136. The lowest BCUT2D eigenvalue weighted by molar-refractivity contribution is -0.145. The molecular formula is C25H33N7O4. The second-order valence-electron chi connectivity index (χ2n) is 9.33. The molecule has 11 heteroatoms. The summed E-state index contributed by atoms with van der Waals surface area (Å²) in [4.78, 5) is 24.9. The average Bonchev–Trinajstić information content (AvgIpc) is 3.22. The first-order valence-corrected chi connectivity index (χ1v) is 12.3. The highest BCUT2D eigenvalue weighted by molar-refractivity contribution is 5.70. The van der Waals surface area contributed by atoms with Crippen LogP contribution in [0.1, 0.15) is 50.9 Å². The Morgan fingerprint density at radius 1 is 1.22 bits per heavy atom. The summed E-state index contributed by atoms with van der Waals surface area (Å²) in [5.41, 5.74) is 2.85. The molecule has 1 fully saturated rings. The number of aliphatic carboxylic acids is 1. The molecule has 3 heterocycles. The summed E-state index contributed by atoms with van der Waals surface area (Å²) < 4.78 is 13.3. The average molecular weight is 496 g/mol. The predicted octanol–water partition coefficient (Wildman–Crippen LogP) is 3.64. The maximum absolute atomic E-state index is 11.6. The molecular weight excluding hydrogens is 462 g/mol. The fraction of sp³-hybridized carbons (Fsp3) is 0.520. The first-order chi connectivity index (χ1) is 17.3. The van der Waals surface area contributed by atoms with Gasteiger partial charge in [-0.1, -0.05) is 18.1 Å². The molecule has 2 unspecified atom stereocenters. The van der Waals surface area contributed by atoms with Gasteiger partial charge in [0, 0.05) is 25.2 Å². The van der Waals surface area contributed by atoms with Gasteiger partial charge in [0.25, 0.3) is 0 Å². The van der Waals surface area contributed by atoms with Crippen molar-refractivity contribution in [1.29, 1.82) is 0 Å². The maximum atomic E-state index is 11.6. The molecule has 0 radical (unpaired) electrons. The van der Waals surface area contributed by atoms with E-state index in [1.807, 2.05) is 40.0 Å². The van der Waals surface area contributed by atoms with Crippen LogP contribution in [0.3, 0.4) is 0 Å². The highest BCUT2D eigenvalue weighted by atomic mass is 16.5. The van der Waals surface area contributed by atoms with Crippen molar-refractivity contribution in [2.75, 3.05) is 11.9 Å². The molecule has 3 aromatic rings. The first kappa shape index (κ1) is 25.3. The number of nitrogens with zero attached hydrogens (tertiary/aromatic N) is 6. The summed E-state index contributed by atoms with van der Waals surface area (Å²) in [6.45, 7) is 6.52. The van der Waals surface area contributed by atoms with Gasteiger partial charge < -0.3 is 19.9 Å². The molecule has 0 amide bonds. The molecule has 192 valence electrons. The third kappa shape index (κ3) is 6.07. The van der Waals surface area contributed by atoms with E-state index in [0.717, 1.165) is 25.0 Å². The summed E-state index contributed by atoms with van der Waals surface area (Å²) in [5.74, 6) is 0.522. The normalized spacial score (nSPS) is 17.7. The van der Waals surface area contributed by atoms with Crippen LogP contribution in [0.5, 0.6) is 11.6 Å². The molecule has 0 bridgehead atoms. The predicted molar refractivity (Wildman–Crippen MR) is 133 cm³/mol. The van der Waals surface area contributed by atoms with Crippen LogP contribution in [0.15, 0.2) is 24.4 Å². The second kappa shape index (κ2) is 11.3. The standard InChI is InChI=1S/C25H33N7O4/c1-15(2)36-22-11-12-26-25(29-22)27-13-20-23(30-31-32(20)4)19-9-10-21(16(3)28-19)35-14-17-7-5-6-8-18(17)24(33)34/h9-12,15,17-18H,5-8,13-14H2,1-4H3,(H,33,34)(H,26,27,29).